The highest BCUT2D eigenvalue weighted by Crippen LogP contribution is 2.32. The predicted molar refractivity (Wildman–Crippen MR) is 96.3 cm³/mol. The van der Waals surface area contributed by atoms with E-state index >= 15 is 0 Å². The van der Waals surface area contributed by atoms with E-state index < -0.39 is 17.5 Å². The molecule has 0 aliphatic heterocycles. The van der Waals surface area contributed by atoms with Gasteiger partial charge in [-0.1, -0.05) is 54.7 Å². The first-order valence-corrected chi connectivity index (χ1v) is 8.06. The summed E-state index contributed by atoms with van der Waals surface area (Å²) in [5.74, 6) is -1.04. The van der Waals surface area contributed by atoms with Gasteiger partial charge in [-0.2, -0.15) is 4.73 Å². The Hall–Kier alpha value is -2.24. The Kier molecular flexibility index (Phi) is 6.06. The third kappa shape index (κ3) is 4.40. The molecule has 0 saturated carbocycles. The van der Waals surface area contributed by atoms with Gasteiger partial charge in [-0.15, -0.1) is 6.58 Å². The Labute approximate surface area is 147 Å². The molecule has 0 aliphatic rings. The average molecular weight is 343 g/mol. The third-order valence-electron chi connectivity index (χ3n) is 3.61. The number of ether oxygens (including phenoxy) is 1. The van der Waals surface area contributed by atoms with Crippen molar-refractivity contribution in [3.05, 3.63) is 77.6 Å². The lowest BCUT2D eigenvalue weighted by Crippen LogP contribution is -2.41. The fourth-order valence-corrected chi connectivity index (χ4v) is 2.64. The zero-order valence-corrected chi connectivity index (χ0v) is 14.7. The van der Waals surface area contributed by atoms with Gasteiger partial charge in [0.15, 0.2) is 0 Å². The zero-order chi connectivity index (χ0) is 17.6. The number of carbonyl (C=O) groups is 1. The van der Waals surface area contributed by atoms with Crippen molar-refractivity contribution < 1.29 is 14.4 Å². The molecule has 5 heteroatoms. The summed E-state index contributed by atoms with van der Waals surface area (Å²) in [5, 5.41) is 0. The molecule has 0 bridgehead atoms. The molecule has 1 unspecified atom stereocenters. The molecule has 1 heterocycles. The van der Waals surface area contributed by atoms with Crippen LogP contribution in [0.25, 0.3) is 0 Å². The van der Waals surface area contributed by atoms with E-state index in [0.717, 1.165) is 5.56 Å². The van der Waals surface area contributed by atoms with Crippen molar-refractivity contribution in [1.29, 1.82) is 0 Å². The summed E-state index contributed by atoms with van der Waals surface area (Å²) < 4.78 is 7.54. The van der Waals surface area contributed by atoms with E-state index in [2.05, 4.69) is 6.58 Å². The van der Waals surface area contributed by atoms with Crippen molar-refractivity contribution in [2.45, 2.75) is 25.4 Å². The summed E-state index contributed by atoms with van der Waals surface area (Å²) >= 11 is 5.18. The second-order valence-corrected chi connectivity index (χ2v) is 6.24. The van der Waals surface area contributed by atoms with Gasteiger partial charge < -0.3 is 9.57 Å². The van der Waals surface area contributed by atoms with Crippen LogP contribution in [-0.4, -0.2) is 22.9 Å². The van der Waals surface area contributed by atoms with E-state index in [-0.39, 0.29) is 0 Å². The van der Waals surface area contributed by atoms with Crippen LogP contribution in [0.5, 0.6) is 0 Å². The van der Waals surface area contributed by atoms with Crippen LogP contribution in [0.2, 0.25) is 0 Å². The minimum atomic E-state index is -0.774. The first kappa shape index (κ1) is 18.1. The maximum atomic E-state index is 12.9. The fourth-order valence-electron chi connectivity index (χ4n) is 2.46. The van der Waals surface area contributed by atoms with Gasteiger partial charge in [0.25, 0.3) is 0 Å². The molecule has 24 heavy (non-hydrogen) atoms. The molecule has 0 radical (unpaired) electrons. The summed E-state index contributed by atoms with van der Waals surface area (Å²) in [6.07, 6.45) is 3.27. The van der Waals surface area contributed by atoms with Crippen molar-refractivity contribution in [3.8, 4) is 0 Å². The minimum absolute atomic E-state index is 0.342. The largest absolute Gasteiger partial charge is 0.370 e. The van der Waals surface area contributed by atoms with E-state index in [4.69, 9.17) is 21.8 Å². The SMILES string of the molecule is C=CCOC(C)(C)C(C(=O)On1ccccc1=S)c1ccccc1. The number of hydrogen-bond acceptors (Lipinski definition) is 4. The van der Waals surface area contributed by atoms with Crippen LogP contribution in [-0.2, 0) is 9.53 Å². The van der Waals surface area contributed by atoms with E-state index in [1.807, 2.05) is 44.2 Å². The summed E-state index contributed by atoms with van der Waals surface area (Å²) in [7, 11) is 0. The van der Waals surface area contributed by atoms with Gasteiger partial charge in [0.2, 0.25) is 0 Å². The summed E-state index contributed by atoms with van der Waals surface area (Å²) in [4.78, 5) is 18.4. The molecule has 4 nitrogen and oxygen atoms in total. The highest BCUT2D eigenvalue weighted by atomic mass is 32.1. The van der Waals surface area contributed by atoms with Crippen molar-refractivity contribution in [2.75, 3.05) is 6.61 Å². The Morgan fingerprint density at radius 3 is 2.54 bits per heavy atom. The lowest BCUT2D eigenvalue weighted by molar-refractivity contribution is -0.154. The van der Waals surface area contributed by atoms with E-state index in [1.54, 1.807) is 30.5 Å². The number of carbonyl (C=O) groups excluding carboxylic acids is 1. The summed E-state index contributed by atoms with van der Waals surface area (Å²) in [5.41, 5.74) is 0.0443. The fraction of sp³-hybridized carbons (Fsp3) is 0.263. The van der Waals surface area contributed by atoms with E-state index in [1.165, 1.54) is 4.73 Å². The van der Waals surface area contributed by atoms with Crippen molar-refractivity contribution in [1.82, 2.24) is 4.73 Å². The normalized spacial score (nSPS) is 12.4. The van der Waals surface area contributed by atoms with Gasteiger partial charge in [-0.05, 0) is 31.5 Å². The van der Waals surface area contributed by atoms with Crippen LogP contribution in [0.3, 0.4) is 0 Å². The smallest absolute Gasteiger partial charge is 0.343 e. The summed E-state index contributed by atoms with van der Waals surface area (Å²) in [6, 6.07) is 14.7. The molecular formula is C19H21NO3S. The monoisotopic (exact) mass is 343 g/mol. The molecule has 1 atom stereocenters. The molecule has 1 aromatic heterocycles. The average Bonchev–Trinajstić information content (AvgIpc) is 2.56. The second-order valence-electron chi connectivity index (χ2n) is 5.82. The molecule has 2 rings (SSSR count). The molecule has 0 N–H and O–H groups in total. The third-order valence-corrected chi connectivity index (χ3v) is 3.93. The highest BCUT2D eigenvalue weighted by Gasteiger charge is 2.39. The Morgan fingerprint density at radius 2 is 1.92 bits per heavy atom. The quantitative estimate of drug-likeness (QED) is 0.564. The van der Waals surface area contributed by atoms with Crippen molar-refractivity contribution >= 4 is 18.2 Å². The minimum Gasteiger partial charge on any atom is -0.370 e. The number of nitrogens with zero attached hydrogens (tertiary/aromatic N) is 1. The first-order valence-electron chi connectivity index (χ1n) is 7.65. The van der Waals surface area contributed by atoms with Crippen LogP contribution in [0.4, 0.5) is 0 Å². The topological polar surface area (TPSA) is 40.5 Å². The van der Waals surface area contributed by atoms with E-state index in [0.29, 0.717) is 11.2 Å². The van der Waals surface area contributed by atoms with Crippen LogP contribution in [0, 0.1) is 4.64 Å². The maximum Gasteiger partial charge on any atom is 0.343 e. The maximum absolute atomic E-state index is 12.9. The van der Waals surface area contributed by atoms with Gasteiger partial charge in [0.1, 0.15) is 10.6 Å². The molecule has 0 spiro atoms. The number of hydrogen-bond donors (Lipinski definition) is 0. The molecule has 0 saturated heterocycles. The van der Waals surface area contributed by atoms with Crippen LogP contribution >= 0.6 is 12.2 Å². The first-order chi connectivity index (χ1) is 11.5. The lowest BCUT2D eigenvalue weighted by Gasteiger charge is -2.32. The van der Waals surface area contributed by atoms with Crippen LogP contribution < -0.4 is 4.84 Å². The highest BCUT2D eigenvalue weighted by molar-refractivity contribution is 7.71. The van der Waals surface area contributed by atoms with Gasteiger partial charge >= 0.3 is 5.97 Å². The van der Waals surface area contributed by atoms with Crippen LogP contribution in [0.15, 0.2) is 67.4 Å². The molecule has 126 valence electrons. The van der Waals surface area contributed by atoms with Gasteiger partial charge in [-0.3, -0.25) is 0 Å². The molecular weight excluding hydrogens is 322 g/mol. The van der Waals surface area contributed by atoms with Gasteiger partial charge in [0, 0.05) is 6.20 Å². The van der Waals surface area contributed by atoms with Crippen molar-refractivity contribution in [3.63, 3.8) is 0 Å². The zero-order valence-electron chi connectivity index (χ0n) is 13.8. The Balaban J connectivity index is 2.35. The molecule has 0 aliphatic carbocycles. The van der Waals surface area contributed by atoms with Gasteiger partial charge in [-0.25, -0.2) is 4.79 Å². The number of aromatic nitrogens is 1. The number of benzene rings is 1. The summed E-state index contributed by atoms with van der Waals surface area (Å²) in [6.45, 7) is 7.72. The van der Waals surface area contributed by atoms with E-state index in [9.17, 15) is 4.79 Å². The molecule has 0 amide bonds. The number of pyridine rings is 1. The van der Waals surface area contributed by atoms with Crippen molar-refractivity contribution in [2.24, 2.45) is 0 Å². The number of rotatable bonds is 7. The van der Waals surface area contributed by atoms with Gasteiger partial charge in [0.05, 0.1) is 12.2 Å². The molecule has 1 aromatic carbocycles. The predicted octanol–water partition coefficient (Wildman–Crippen LogP) is 3.94. The Bertz CT molecular complexity index is 752. The molecule has 2 aromatic rings. The second kappa shape index (κ2) is 8.04. The Morgan fingerprint density at radius 1 is 1.25 bits per heavy atom. The lowest BCUT2D eigenvalue weighted by atomic mass is 9.84. The molecule has 0 fully saturated rings. The standard InChI is InChI=1S/C19H21NO3S/c1-4-14-22-19(2,3)17(15-10-6-5-7-11-15)18(21)23-20-13-9-8-12-16(20)24/h4-13,17H,1,14H2,2-3H3. The van der Waals surface area contributed by atoms with Crippen LogP contribution in [0.1, 0.15) is 25.3 Å².